The van der Waals surface area contributed by atoms with E-state index in [0.717, 1.165) is 0 Å². The van der Waals surface area contributed by atoms with Crippen molar-refractivity contribution in [2.45, 2.75) is 115 Å². The molecule has 1 fully saturated rings. The van der Waals surface area contributed by atoms with Gasteiger partial charge in [0, 0.05) is 60.9 Å². The summed E-state index contributed by atoms with van der Waals surface area (Å²) in [6.45, 7) is 22.6. The average Bonchev–Trinajstić information content (AvgIpc) is 3.75. The van der Waals surface area contributed by atoms with E-state index in [1.807, 2.05) is 0 Å². The molecule has 0 amide bonds. The number of hydrogen-bond donors (Lipinski definition) is 0. The maximum atomic E-state index is 2.98. The first kappa shape index (κ1) is 30.9. The van der Waals surface area contributed by atoms with Crippen LogP contribution in [0.1, 0.15) is 122 Å². The molecular weight excluding hydrogens is 639 g/mol. The van der Waals surface area contributed by atoms with E-state index in [1.54, 1.807) is 5.56 Å². The Morgan fingerprint density at radius 3 is 2.00 bits per heavy atom. The Labute approximate surface area is 315 Å². The molecule has 3 aliphatic heterocycles. The van der Waals surface area contributed by atoms with E-state index < -0.39 is 0 Å². The second-order valence-corrected chi connectivity index (χ2v) is 20.0. The van der Waals surface area contributed by atoms with Crippen LogP contribution in [-0.4, -0.2) is 16.9 Å². The van der Waals surface area contributed by atoms with Crippen LogP contribution in [0, 0.1) is 0 Å². The van der Waals surface area contributed by atoms with Crippen LogP contribution in [0.4, 0.5) is 11.4 Å². The number of hydrogen-bond acceptors (Lipinski definition) is 1. The van der Waals surface area contributed by atoms with Crippen molar-refractivity contribution in [2.75, 3.05) is 4.90 Å². The van der Waals surface area contributed by atoms with Crippen LogP contribution >= 0.6 is 0 Å². The first-order chi connectivity index (χ1) is 25.2. The van der Waals surface area contributed by atoms with Crippen LogP contribution in [0.25, 0.3) is 44.3 Å². The molecule has 6 aromatic rings. The van der Waals surface area contributed by atoms with Crippen molar-refractivity contribution in [3.63, 3.8) is 0 Å². The van der Waals surface area contributed by atoms with E-state index in [9.17, 15) is 0 Å². The highest BCUT2D eigenvalue weighted by molar-refractivity contribution is 6.90. The van der Waals surface area contributed by atoms with Gasteiger partial charge in [0.1, 0.15) is 0 Å². The minimum absolute atomic E-state index is 0.0282. The van der Waals surface area contributed by atoms with Gasteiger partial charge >= 0.3 is 6.85 Å². The minimum Gasteiger partial charge on any atom is -0.378 e. The summed E-state index contributed by atoms with van der Waals surface area (Å²) in [4.78, 5) is 2.98. The zero-order valence-corrected chi connectivity index (χ0v) is 32.9. The summed E-state index contributed by atoms with van der Waals surface area (Å²) >= 11 is 0. The predicted octanol–water partition coefficient (Wildman–Crippen LogP) is 11.2. The van der Waals surface area contributed by atoms with Gasteiger partial charge in [-0.05, 0) is 86.7 Å². The molecule has 0 N–H and O–H groups in total. The fourth-order valence-corrected chi connectivity index (χ4v) is 12.9. The van der Waals surface area contributed by atoms with Crippen LogP contribution in [-0.2, 0) is 21.7 Å². The lowest BCUT2D eigenvalue weighted by Gasteiger charge is -2.53. The largest absolute Gasteiger partial charge is 0.378 e. The first-order valence-corrected chi connectivity index (χ1v) is 20.3. The molecule has 2 nitrogen and oxygen atoms in total. The fourth-order valence-electron chi connectivity index (χ4n) is 12.9. The summed E-state index contributed by atoms with van der Waals surface area (Å²) < 4.78 is 2.89. The van der Waals surface area contributed by atoms with E-state index in [4.69, 9.17) is 0 Å². The summed E-state index contributed by atoms with van der Waals surface area (Å²) in [5, 5.41) is 1.41. The van der Waals surface area contributed by atoms with E-state index in [0.29, 0.717) is 0 Å². The lowest BCUT2D eigenvalue weighted by molar-refractivity contribution is 0.195. The van der Waals surface area contributed by atoms with Crippen molar-refractivity contribution >= 4 is 40.1 Å². The molecular formula is C50H49BN2. The highest BCUT2D eigenvalue weighted by Crippen LogP contribution is 2.66. The Hall–Kier alpha value is -4.50. The maximum Gasteiger partial charge on any atom is 0.332 e. The van der Waals surface area contributed by atoms with Crippen LogP contribution < -0.4 is 15.8 Å². The van der Waals surface area contributed by atoms with Gasteiger partial charge in [0.25, 0.3) is 0 Å². The second kappa shape index (κ2) is 9.06. The molecule has 3 heteroatoms. The molecule has 2 atom stereocenters. The number of para-hydroxylation sites is 1. The van der Waals surface area contributed by atoms with Crippen molar-refractivity contribution in [1.29, 1.82) is 0 Å². The number of aromatic nitrogens is 1. The summed E-state index contributed by atoms with van der Waals surface area (Å²) in [5.74, 6) is 0. The molecule has 4 heterocycles. The van der Waals surface area contributed by atoms with Gasteiger partial charge in [-0.1, -0.05) is 147 Å². The molecule has 1 aromatic heterocycles. The van der Waals surface area contributed by atoms with E-state index in [2.05, 4.69) is 157 Å². The lowest BCUT2D eigenvalue weighted by Crippen LogP contribution is -2.62. The Morgan fingerprint density at radius 1 is 0.604 bits per heavy atom. The van der Waals surface area contributed by atoms with Gasteiger partial charge in [-0.3, -0.25) is 0 Å². The third-order valence-corrected chi connectivity index (χ3v) is 15.8. The quantitative estimate of drug-likeness (QED) is 0.144. The zero-order chi connectivity index (χ0) is 36.4. The van der Waals surface area contributed by atoms with Crippen molar-refractivity contribution in [3.05, 3.63) is 118 Å². The second-order valence-electron chi connectivity index (χ2n) is 20.0. The molecule has 5 aromatic carbocycles. The molecule has 6 aliphatic rings. The Morgan fingerprint density at radius 2 is 1.26 bits per heavy atom. The molecule has 262 valence electrons. The third kappa shape index (κ3) is 3.19. The fraction of sp³-hybridized carbons (Fsp3) is 0.360. The predicted molar refractivity (Wildman–Crippen MR) is 224 cm³/mol. The van der Waals surface area contributed by atoms with E-state index in [-0.39, 0.29) is 34.0 Å². The van der Waals surface area contributed by atoms with Crippen molar-refractivity contribution in [3.8, 4) is 33.4 Å². The van der Waals surface area contributed by atoms with Crippen LogP contribution in [0.3, 0.4) is 0 Å². The molecule has 2 unspecified atom stereocenters. The molecule has 0 radical (unpaired) electrons. The molecule has 0 spiro atoms. The van der Waals surface area contributed by atoms with Gasteiger partial charge in [-0.15, -0.1) is 0 Å². The van der Waals surface area contributed by atoms with Crippen molar-refractivity contribution < 1.29 is 0 Å². The monoisotopic (exact) mass is 688 g/mol. The van der Waals surface area contributed by atoms with Crippen LogP contribution in [0.15, 0.2) is 84.9 Å². The number of rotatable bonds is 0. The van der Waals surface area contributed by atoms with Gasteiger partial charge < -0.3 is 9.38 Å². The Kier molecular flexibility index (Phi) is 5.28. The van der Waals surface area contributed by atoms with Crippen LogP contribution in [0.2, 0.25) is 0 Å². The molecule has 53 heavy (non-hydrogen) atoms. The van der Waals surface area contributed by atoms with Gasteiger partial charge in [0.15, 0.2) is 0 Å². The van der Waals surface area contributed by atoms with Gasteiger partial charge in [0.05, 0.1) is 5.54 Å². The van der Waals surface area contributed by atoms with Crippen molar-refractivity contribution in [2.24, 2.45) is 0 Å². The highest BCUT2D eigenvalue weighted by Gasteiger charge is 2.63. The van der Waals surface area contributed by atoms with E-state index in [1.165, 1.54) is 120 Å². The summed E-state index contributed by atoms with van der Waals surface area (Å²) in [6.07, 6.45) is 5.01. The van der Waals surface area contributed by atoms with Crippen molar-refractivity contribution in [1.82, 2.24) is 4.48 Å². The lowest BCUT2D eigenvalue weighted by atomic mass is 9.44. The summed E-state index contributed by atoms with van der Waals surface area (Å²) in [7, 11) is 0. The molecule has 0 bridgehead atoms. The maximum absolute atomic E-state index is 2.98. The van der Waals surface area contributed by atoms with E-state index >= 15 is 0 Å². The molecule has 12 rings (SSSR count). The van der Waals surface area contributed by atoms with Crippen LogP contribution in [0.5, 0.6) is 0 Å². The number of benzene rings is 5. The summed E-state index contributed by atoms with van der Waals surface area (Å²) in [6, 6.07) is 33.8. The topological polar surface area (TPSA) is 8.17 Å². The SMILES string of the molecule is CC(C)(C)c1cc2c3c(c1)C1(C)CCCCC1(C)N3c1c3c(cc4c1-c1ccccc1C4(C)C)-c1cccc4c5c(n(c14)B23)C(C)(C)c1ccccc1-5. The number of anilines is 2. The van der Waals surface area contributed by atoms with Gasteiger partial charge in [-0.2, -0.15) is 0 Å². The Balaban J connectivity index is 1.33. The van der Waals surface area contributed by atoms with Gasteiger partial charge in [-0.25, -0.2) is 0 Å². The molecule has 1 saturated carbocycles. The molecule has 3 aliphatic carbocycles. The number of nitrogens with zero attached hydrogens (tertiary/aromatic N) is 2. The molecule has 0 saturated heterocycles. The normalized spacial score (nSPS) is 24.0. The highest BCUT2D eigenvalue weighted by atomic mass is 15.3. The first-order valence-electron chi connectivity index (χ1n) is 20.3. The minimum atomic E-state index is -0.140. The van der Waals surface area contributed by atoms with Gasteiger partial charge in [0.2, 0.25) is 0 Å². The Bertz CT molecular complexity index is 2720. The zero-order valence-electron chi connectivity index (χ0n) is 32.9. The smallest absolute Gasteiger partial charge is 0.332 e. The third-order valence-electron chi connectivity index (χ3n) is 15.8. The standard InChI is InChI=1S/C50H49BN2/c1-46(2,3)28-25-37-43-38(26-28)51-41-33(29-19-16-20-32-39-30-17-10-13-22-35(30)48(6,7)45(39)53(51)42(29)32)27-36-40(31-18-11-12-21-34(31)47(36,4)5)44(41)52(43)50(9)24-15-14-23-49(37,50)8/h10-13,16-22,25-27H,14-15,23-24H2,1-9H3. The average molecular weight is 689 g/mol. The number of fused-ring (bicyclic) bond motifs is 16. The summed E-state index contributed by atoms with van der Waals surface area (Å²) in [5.41, 5.74) is 24.9.